The molecular formula is C26H27F6N5O5. The minimum atomic E-state index is -5.08. The Hall–Kier alpha value is -3.66. The van der Waals surface area contributed by atoms with Crippen molar-refractivity contribution in [2.45, 2.75) is 61.5 Å². The number of rotatable bonds is 4. The maximum Gasteiger partial charge on any atom is 0.490 e. The number of aromatic nitrogens is 4. The monoisotopic (exact) mass is 603 g/mol. The number of aliphatic carboxylic acids is 2. The number of alkyl halides is 6. The Balaban J connectivity index is 0.000000212. The van der Waals surface area contributed by atoms with Gasteiger partial charge < -0.3 is 24.5 Å². The number of aromatic amines is 1. The van der Waals surface area contributed by atoms with E-state index >= 15 is 0 Å². The topological polar surface area (TPSA) is 134 Å². The second kappa shape index (κ2) is 10.6. The molecule has 3 aromatic rings. The summed E-state index contributed by atoms with van der Waals surface area (Å²) >= 11 is 0. The lowest BCUT2D eigenvalue weighted by Crippen LogP contribution is -2.79. The van der Waals surface area contributed by atoms with Crippen LogP contribution in [0.3, 0.4) is 0 Å². The minimum Gasteiger partial charge on any atom is -0.475 e. The molecule has 0 spiro atoms. The van der Waals surface area contributed by atoms with Crippen LogP contribution < -0.4 is 0 Å². The third kappa shape index (κ3) is 5.82. The van der Waals surface area contributed by atoms with Gasteiger partial charge in [-0.3, -0.25) is 9.88 Å². The zero-order chi connectivity index (χ0) is 30.5. The number of halogens is 6. The first-order chi connectivity index (χ1) is 19.6. The highest BCUT2D eigenvalue weighted by Crippen LogP contribution is 2.69. The Kier molecular flexibility index (Phi) is 7.50. The van der Waals surface area contributed by atoms with Crippen LogP contribution in [0.4, 0.5) is 26.3 Å². The van der Waals surface area contributed by atoms with E-state index in [0.29, 0.717) is 17.0 Å². The molecule has 4 saturated carbocycles. The molecule has 0 atom stereocenters. The number of imidazole rings is 1. The molecule has 3 aromatic heterocycles. The van der Waals surface area contributed by atoms with E-state index in [9.17, 15) is 26.3 Å². The molecule has 1 saturated heterocycles. The smallest absolute Gasteiger partial charge is 0.475 e. The number of carboxylic acid groups (broad SMARTS) is 2. The summed E-state index contributed by atoms with van der Waals surface area (Å²) in [4.78, 5) is 33.5. The number of nitrogens with zero attached hydrogens (tertiary/aromatic N) is 4. The Morgan fingerprint density at radius 1 is 0.976 bits per heavy atom. The number of nitrogens with one attached hydrogen (secondary N) is 1. The van der Waals surface area contributed by atoms with E-state index in [1.807, 2.05) is 18.5 Å². The van der Waals surface area contributed by atoms with E-state index < -0.39 is 24.3 Å². The molecule has 3 N–H and O–H groups in total. The molecule has 0 aromatic carbocycles. The van der Waals surface area contributed by atoms with E-state index in [-0.39, 0.29) is 0 Å². The van der Waals surface area contributed by atoms with Crippen molar-refractivity contribution in [3.05, 3.63) is 36.5 Å². The van der Waals surface area contributed by atoms with Gasteiger partial charge in [-0.2, -0.15) is 26.3 Å². The fourth-order valence-corrected chi connectivity index (χ4v) is 5.93. The van der Waals surface area contributed by atoms with Crippen LogP contribution in [0.2, 0.25) is 0 Å². The van der Waals surface area contributed by atoms with Crippen molar-refractivity contribution in [3.8, 4) is 11.3 Å². The maximum absolute atomic E-state index is 10.6. The minimum absolute atomic E-state index is 0.311. The van der Waals surface area contributed by atoms with Crippen LogP contribution in [0.25, 0.3) is 22.3 Å². The van der Waals surface area contributed by atoms with Crippen molar-refractivity contribution >= 4 is 23.0 Å². The number of ether oxygens (including phenoxy) is 1. The van der Waals surface area contributed by atoms with Crippen molar-refractivity contribution < 1.29 is 50.9 Å². The number of fused-ring (bicyclic) bond motifs is 1. The van der Waals surface area contributed by atoms with Gasteiger partial charge in [0.05, 0.1) is 35.5 Å². The van der Waals surface area contributed by atoms with Gasteiger partial charge in [0.15, 0.2) is 0 Å². The van der Waals surface area contributed by atoms with Gasteiger partial charge in [-0.05, 0) is 44.2 Å². The average Bonchev–Trinajstić information content (AvgIpc) is 3.44. The van der Waals surface area contributed by atoms with Gasteiger partial charge in [-0.25, -0.2) is 14.6 Å². The van der Waals surface area contributed by atoms with E-state index in [0.717, 1.165) is 48.6 Å². The standard InChI is InChI=1S/C22H25N5O.2C2HF3O2/c1-2-15(1)20-25-19(16-9-18-17(24-10-16)3-4-23-18)11-27(20)22-12-21(13-22,14-22)26-5-7-28-8-6-26;2*3-2(4,5)1(6)7/h3-4,9-11,15,23H,1-2,5-8,12-14H2;2*(H,6,7). The second-order valence-corrected chi connectivity index (χ2v) is 10.9. The summed E-state index contributed by atoms with van der Waals surface area (Å²) < 4.78 is 71.6. The lowest BCUT2D eigenvalue weighted by Gasteiger charge is -2.74. The fourth-order valence-electron chi connectivity index (χ4n) is 5.93. The van der Waals surface area contributed by atoms with Crippen LogP contribution in [0.15, 0.2) is 30.7 Å². The van der Waals surface area contributed by atoms with Crippen LogP contribution in [-0.2, 0) is 19.9 Å². The molecule has 4 heterocycles. The molecule has 5 fully saturated rings. The first-order valence-corrected chi connectivity index (χ1v) is 13.1. The quantitative estimate of drug-likeness (QED) is 0.371. The van der Waals surface area contributed by atoms with Gasteiger partial charge in [-0.1, -0.05) is 0 Å². The number of hydrogen-bond acceptors (Lipinski definition) is 6. The summed E-state index contributed by atoms with van der Waals surface area (Å²) in [6, 6.07) is 4.20. The van der Waals surface area contributed by atoms with Gasteiger partial charge in [-0.15, -0.1) is 0 Å². The van der Waals surface area contributed by atoms with Crippen molar-refractivity contribution in [1.82, 2.24) is 24.4 Å². The summed E-state index contributed by atoms with van der Waals surface area (Å²) in [6.45, 7) is 3.99. The zero-order valence-corrected chi connectivity index (χ0v) is 22.0. The summed E-state index contributed by atoms with van der Waals surface area (Å²) in [5.74, 6) is -3.54. The average molecular weight is 604 g/mol. The predicted octanol–water partition coefficient (Wildman–Crippen LogP) is 4.53. The molecule has 5 aliphatic rings. The zero-order valence-electron chi connectivity index (χ0n) is 22.0. The second-order valence-electron chi connectivity index (χ2n) is 10.9. The van der Waals surface area contributed by atoms with Crippen LogP contribution in [0, 0.1) is 0 Å². The predicted molar refractivity (Wildman–Crippen MR) is 134 cm³/mol. The number of carboxylic acids is 2. The Morgan fingerprint density at radius 2 is 1.55 bits per heavy atom. The Bertz CT molecular complexity index is 1430. The molecule has 0 amide bonds. The highest BCUT2D eigenvalue weighted by atomic mass is 19.4. The summed E-state index contributed by atoms with van der Waals surface area (Å²) in [5.41, 5.74) is 5.04. The van der Waals surface area contributed by atoms with Crippen molar-refractivity contribution in [2.75, 3.05) is 26.3 Å². The summed E-state index contributed by atoms with van der Waals surface area (Å²) in [7, 11) is 0. The number of H-pyrrole nitrogens is 1. The highest BCUT2D eigenvalue weighted by molar-refractivity contribution is 5.79. The van der Waals surface area contributed by atoms with E-state index in [1.165, 1.54) is 37.9 Å². The van der Waals surface area contributed by atoms with Gasteiger partial charge in [0.2, 0.25) is 0 Å². The first-order valence-electron chi connectivity index (χ1n) is 13.1. The normalized spacial score (nSPS) is 25.3. The van der Waals surface area contributed by atoms with E-state index in [4.69, 9.17) is 29.5 Å². The SMILES string of the molecule is O=C(O)C(F)(F)F.O=C(O)C(F)(F)F.c1cc2ncc(-c3cn(C45CC(N6CCOCC6)(C4)C5)c(C4CC4)n3)cc2[nH]1. The fraction of sp³-hybridized carbons (Fsp3) is 0.538. The van der Waals surface area contributed by atoms with Crippen molar-refractivity contribution in [1.29, 1.82) is 0 Å². The molecule has 228 valence electrons. The molecular weight excluding hydrogens is 576 g/mol. The van der Waals surface area contributed by atoms with Gasteiger partial charge >= 0.3 is 24.3 Å². The van der Waals surface area contributed by atoms with E-state index in [2.05, 4.69) is 31.7 Å². The first kappa shape index (κ1) is 29.8. The van der Waals surface area contributed by atoms with E-state index in [1.54, 1.807) is 0 Å². The van der Waals surface area contributed by atoms with Crippen LogP contribution >= 0.6 is 0 Å². The Morgan fingerprint density at radius 3 is 2.07 bits per heavy atom. The molecule has 0 radical (unpaired) electrons. The largest absolute Gasteiger partial charge is 0.490 e. The van der Waals surface area contributed by atoms with Crippen LogP contribution in [-0.4, -0.2) is 90.8 Å². The molecule has 2 bridgehead atoms. The summed E-state index contributed by atoms with van der Waals surface area (Å²) in [5, 5.41) is 14.2. The van der Waals surface area contributed by atoms with Crippen molar-refractivity contribution in [2.24, 2.45) is 0 Å². The molecule has 1 aliphatic heterocycles. The molecule has 8 rings (SSSR count). The lowest BCUT2D eigenvalue weighted by molar-refractivity contribution is -0.221. The van der Waals surface area contributed by atoms with Gasteiger partial charge in [0, 0.05) is 48.7 Å². The third-order valence-corrected chi connectivity index (χ3v) is 8.02. The van der Waals surface area contributed by atoms with Crippen LogP contribution in [0.5, 0.6) is 0 Å². The van der Waals surface area contributed by atoms with Gasteiger partial charge in [0.1, 0.15) is 5.82 Å². The number of hydrogen-bond donors (Lipinski definition) is 3. The van der Waals surface area contributed by atoms with Crippen molar-refractivity contribution in [3.63, 3.8) is 0 Å². The number of carbonyl (C=O) groups is 2. The molecule has 42 heavy (non-hydrogen) atoms. The number of pyridine rings is 1. The van der Waals surface area contributed by atoms with Crippen LogP contribution in [0.1, 0.15) is 43.8 Å². The van der Waals surface area contributed by atoms with Gasteiger partial charge in [0.25, 0.3) is 0 Å². The molecule has 0 unspecified atom stereocenters. The Labute approximate surface area is 234 Å². The third-order valence-electron chi connectivity index (χ3n) is 8.02. The lowest BCUT2D eigenvalue weighted by atomic mass is 9.43. The maximum atomic E-state index is 10.6. The molecule has 4 aliphatic carbocycles. The molecule has 10 nitrogen and oxygen atoms in total. The highest BCUT2D eigenvalue weighted by Gasteiger charge is 2.71. The summed E-state index contributed by atoms with van der Waals surface area (Å²) in [6.07, 6.45) is 2.49. The number of morpholine rings is 1. The molecule has 16 heteroatoms.